The number of anilines is 2. The van der Waals surface area contributed by atoms with Crippen molar-refractivity contribution in [2.75, 3.05) is 9.91 Å². The van der Waals surface area contributed by atoms with Gasteiger partial charge in [0, 0.05) is 9.79 Å². The van der Waals surface area contributed by atoms with E-state index in [1.54, 1.807) is 21.4 Å². The zero-order chi connectivity index (χ0) is 22.5. The molecule has 6 nitrogen and oxygen atoms in total. The maximum absolute atomic E-state index is 12.9. The maximum Gasteiger partial charge on any atom is 0.262 e. The molecule has 2 atom stereocenters. The summed E-state index contributed by atoms with van der Waals surface area (Å²) in [7, 11) is 0. The zero-order valence-electron chi connectivity index (χ0n) is 17.3. The number of rotatable bonds is 4. The molecule has 2 unspecified atom stereocenters. The molecule has 9 heteroatoms. The first-order valence-corrected chi connectivity index (χ1v) is 12.1. The number of nitrogens with zero attached hydrogens (tertiary/aromatic N) is 4. The summed E-state index contributed by atoms with van der Waals surface area (Å²) in [5.74, 6) is 0.439. The number of para-hydroxylation sites is 2. The number of hydrogen-bond donors (Lipinski definition) is 1. The molecule has 2 aliphatic rings. The SMILES string of the molecule is O=C1C(Cl)C(c2ccccc2)N1n1c(CN2c3ccccc3Sc3ccccc32)n[nH]c1=S. The lowest BCUT2D eigenvalue weighted by atomic mass is 9.95. The monoisotopic (exact) mass is 491 g/mol. The molecule has 3 heterocycles. The summed E-state index contributed by atoms with van der Waals surface area (Å²) in [6.45, 7) is 0.431. The molecule has 164 valence electrons. The number of halogens is 1. The Labute approximate surface area is 204 Å². The van der Waals surface area contributed by atoms with Crippen molar-refractivity contribution in [1.29, 1.82) is 0 Å². The molecule has 1 aromatic heterocycles. The van der Waals surface area contributed by atoms with Crippen LogP contribution in [-0.2, 0) is 11.3 Å². The van der Waals surface area contributed by atoms with Crippen LogP contribution in [0.2, 0.25) is 0 Å². The molecule has 0 aliphatic carbocycles. The molecule has 33 heavy (non-hydrogen) atoms. The molecule has 0 radical (unpaired) electrons. The summed E-state index contributed by atoms with van der Waals surface area (Å²) in [6.07, 6.45) is 0. The van der Waals surface area contributed by atoms with E-state index in [9.17, 15) is 4.79 Å². The minimum atomic E-state index is -0.648. The molecule has 1 amide bonds. The molecule has 2 aliphatic heterocycles. The van der Waals surface area contributed by atoms with Crippen LogP contribution in [0.3, 0.4) is 0 Å². The normalized spacial score (nSPS) is 19.1. The molecule has 4 aromatic rings. The lowest BCUT2D eigenvalue weighted by molar-refractivity contribution is -0.126. The van der Waals surface area contributed by atoms with E-state index in [1.165, 1.54) is 9.79 Å². The van der Waals surface area contributed by atoms with Crippen LogP contribution < -0.4 is 9.91 Å². The van der Waals surface area contributed by atoms with Gasteiger partial charge < -0.3 is 4.90 Å². The lowest BCUT2D eigenvalue weighted by Crippen LogP contribution is -2.62. The van der Waals surface area contributed by atoms with Crippen molar-refractivity contribution in [3.8, 4) is 0 Å². The molecule has 0 bridgehead atoms. The molecule has 0 spiro atoms. The fourth-order valence-electron chi connectivity index (χ4n) is 4.37. The Morgan fingerprint density at radius 3 is 2.21 bits per heavy atom. The number of carbonyl (C=O) groups is 1. The average Bonchev–Trinajstić information content (AvgIpc) is 3.21. The number of nitrogens with one attached hydrogen (secondary N) is 1. The topological polar surface area (TPSA) is 57.2 Å². The van der Waals surface area contributed by atoms with Crippen LogP contribution in [0.1, 0.15) is 17.4 Å². The number of hydrogen-bond acceptors (Lipinski definition) is 5. The molecule has 0 saturated carbocycles. The third kappa shape index (κ3) is 3.28. The Hall–Kier alpha value is -3.07. The number of amides is 1. The summed E-state index contributed by atoms with van der Waals surface area (Å²) in [6, 6.07) is 26.0. The Kier molecular flexibility index (Phi) is 5.01. The molecule has 1 N–H and O–H groups in total. The first-order valence-electron chi connectivity index (χ1n) is 10.5. The third-order valence-electron chi connectivity index (χ3n) is 5.91. The van der Waals surface area contributed by atoms with Crippen LogP contribution in [-0.4, -0.2) is 26.2 Å². The van der Waals surface area contributed by atoms with Crippen LogP contribution in [0.25, 0.3) is 0 Å². The Morgan fingerprint density at radius 2 is 1.55 bits per heavy atom. The molecular weight excluding hydrogens is 474 g/mol. The van der Waals surface area contributed by atoms with E-state index in [0.717, 1.165) is 16.9 Å². The van der Waals surface area contributed by atoms with Crippen molar-refractivity contribution in [2.24, 2.45) is 0 Å². The van der Waals surface area contributed by atoms with Gasteiger partial charge in [-0.3, -0.25) is 9.89 Å². The number of benzene rings is 3. The van der Waals surface area contributed by atoms with Crippen molar-refractivity contribution in [3.63, 3.8) is 0 Å². The second kappa shape index (κ2) is 8.06. The van der Waals surface area contributed by atoms with Crippen LogP contribution in [0.5, 0.6) is 0 Å². The largest absolute Gasteiger partial charge is 0.332 e. The van der Waals surface area contributed by atoms with Crippen molar-refractivity contribution in [1.82, 2.24) is 14.9 Å². The standard InChI is InChI=1S/C24H18ClN5OS2/c25-21-22(15-8-2-1-3-9-15)30(23(21)31)29-20(26-27-24(29)32)14-28-16-10-4-6-12-18(16)33-19-13-7-5-11-17(19)28/h1-13,21-22H,14H2,(H,27,32). The summed E-state index contributed by atoms with van der Waals surface area (Å²) < 4.78 is 2.05. The highest BCUT2D eigenvalue weighted by molar-refractivity contribution is 7.99. The Balaban J connectivity index is 1.42. The van der Waals surface area contributed by atoms with Gasteiger partial charge in [0.2, 0.25) is 4.77 Å². The third-order valence-corrected chi connectivity index (χ3v) is 7.73. The van der Waals surface area contributed by atoms with E-state index >= 15 is 0 Å². The van der Waals surface area contributed by atoms with Crippen molar-refractivity contribution in [3.05, 3.63) is 95.0 Å². The minimum Gasteiger partial charge on any atom is -0.332 e. The van der Waals surface area contributed by atoms with Gasteiger partial charge in [-0.2, -0.15) is 5.10 Å². The number of β-lactam (4-membered cyclic amide) rings is 1. The molecule has 3 aromatic carbocycles. The highest BCUT2D eigenvalue weighted by atomic mass is 35.5. The molecular formula is C24H18ClN5OS2. The predicted octanol–water partition coefficient (Wildman–Crippen LogP) is 5.57. The quantitative estimate of drug-likeness (QED) is 0.230. The summed E-state index contributed by atoms with van der Waals surface area (Å²) in [5, 5.41) is 8.35. The summed E-state index contributed by atoms with van der Waals surface area (Å²) in [4.78, 5) is 17.4. The van der Waals surface area contributed by atoms with E-state index in [-0.39, 0.29) is 11.9 Å². The second-order valence-electron chi connectivity index (χ2n) is 7.82. The second-order valence-corrected chi connectivity index (χ2v) is 9.76. The number of aromatic nitrogens is 3. The Bertz CT molecular complexity index is 1370. The van der Waals surface area contributed by atoms with Gasteiger partial charge in [0.25, 0.3) is 5.91 Å². The van der Waals surface area contributed by atoms with Gasteiger partial charge in [-0.15, -0.1) is 11.6 Å². The molecule has 1 saturated heterocycles. The fraction of sp³-hybridized carbons (Fsp3) is 0.125. The minimum absolute atomic E-state index is 0.195. The van der Waals surface area contributed by atoms with Crippen molar-refractivity contribution in [2.45, 2.75) is 27.8 Å². The van der Waals surface area contributed by atoms with E-state index in [2.05, 4.69) is 39.4 Å². The number of carbonyl (C=O) groups excluding carboxylic acids is 1. The van der Waals surface area contributed by atoms with Gasteiger partial charge in [-0.25, -0.2) is 9.69 Å². The van der Waals surface area contributed by atoms with Crippen LogP contribution in [0.15, 0.2) is 88.7 Å². The summed E-state index contributed by atoms with van der Waals surface area (Å²) in [5.41, 5.74) is 3.13. The van der Waals surface area contributed by atoms with Gasteiger partial charge >= 0.3 is 0 Å². The highest BCUT2D eigenvalue weighted by Crippen LogP contribution is 2.48. The maximum atomic E-state index is 12.9. The zero-order valence-corrected chi connectivity index (χ0v) is 19.6. The van der Waals surface area contributed by atoms with Crippen molar-refractivity contribution < 1.29 is 4.79 Å². The number of H-pyrrole nitrogens is 1. The van der Waals surface area contributed by atoms with Gasteiger partial charge in [-0.05, 0) is 42.0 Å². The number of alkyl halides is 1. The van der Waals surface area contributed by atoms with E-state index in [4.69, 9.17) is 23.8 Å². The average molecular weight is 492 g/mol. The predicted molar refractivity (Wildman–Crippen MR) is 132 cm³/mol. The van der Waals surface area contributed by atoms with E-state index < -0.39 is 5.38 Å². The first kappa shape index (κ1) is 20.5. The lowest BCUT2D eigenvalue weighted by Gasteiger charge is -2.44. The van der Waals surface area contributed by atoms with Gasteiger partial charge in [0.05, 0.1) is 17.9 Å². The van der Waals surface area contributed by atoms with Gasteiger partial charge in [0.1, 0.15) is 11.4 Å². The van der Waals surface area contributed by atoms with Crippen LogP contribution >= 0.6 is 35.6 Å². The number of fused-ring (bicyclic) bond motifs is 2. The fourth-order valence-corrected chi connectivity index (χ4v) is 6.05. The van der Waals surface area contributed by atoms with Gasteiger partial charge in [0.15, 0.2) is 5.82 Å². The van der Waals surface area contributed by atoms with Gasteiger partial charge in [-0.1, -0.05) is 66.4 Å². The van der Waals surface area contributed by atoms with Crippen molar-refractivity contribution >= 4 is 52.9 Å². The molecule has 1 fully saturated rings. The first-order chi connectivity index (χ1) is 16.1. The Morgan fingerprint density at radius 1 is 0.939 bits per heavy atom. The summed E-state index contributed by atoms with van der Waals surface area (Å²) >= 11 is 13.8. The highest BCUT2D eigenvalue weighted by Gasteiger charge is 2.49. The smallest absolute Gasteiger partial charge is 0.262 e. The van der Waals surface area contributed by atoms with E-state index in [0.29, 0.717) is 17.1 Å². The molecule has 6 rings (SSSR count). The van der Waals surface area contributed by atoms with E-state index in [1.807, 2.05) is 54.6 Å². The van der Waals surface area contributed by atoms with Crippen LogP contribution in [0, 0.1) is 4.77 Å². The van der Waals surface area contributed by atoms with Crippen LogP contribution in [0.4, 0.5) is 11.4 Å². The number of aromatic amines is 1.